The largest absolute Gasteiger partial charge is 0.329 e. The minimum absolute atomic E-state index is 0.0232. The van der Waals surface area contributed by atoms with Crippen LogP contribution in [-0.4, -0.2) is 6.54 Å². The van der Waals surface area contributed by atoms with Gasteiger partial charge in [-0.25, -0.2) is 0 Å². The summed E-state index contributed by atoms with van der Waals surface area (Å²) in [6.45, 7) is 4.67. The first kappa shape index (κ1) is 9.23. The molecule has 0 unspecified atom stereocenters. The molecule has 0 aromatic heterocycles. The van der Waals surface area contributed by atoms with E-state index in [1.54, 1.807) is 0 Å². The van der Waals surface area contributed by atoms with E-state index in [1.165, 1.54) is 11.1 Å². The maximum atomic E-state index is 5.84. The molecule has 2 nitrogen and oxygen atoms in total. The van der Waals surface area contributed by atoms with Crippen LogP contribution in [0.1, 0.15) is 22.7 Å². The third-order valence-electron chi connectivity index (χ3n) is 2.30. The minimum atomic E-state index is -0.0232. The van der Waals surface area contributed by atoms with Crippen molar-refractivity contribution in [3.8, 4) is 0 Å². The highest BCUT2D eigenvalue weighted by molar-refractivity contribution is 5.35. The van der Waals surface area contributed by atoms with Crippen molar-refractivity contribution in [1.82, 2.24) is 0 Å². The lowest BCUT2D eigenvalue weighted by Crippen LogP contribution is -2.21. The number of aryl methyl sites for hydroxylation is 1. The van der Waals surface area contributed by atoms with Crippen LogP contribution in [0, 0.1) is 13.8 Å². The molecule has 0 spiro atoms. The molecule has 1 aromatic carbocycles. The number of nitrogens with two attached hydrogens (primary N) is 2. The van der Waals surface area contributed by atoms with E-state index in [-0.39, 0.29) is 6.04 Å². The third kappa shape index (κ3) is 1.65. The summed E-state index contributed by atoms with van der Waals surface area (Å²) in [7, 11) is 0. The van der Waals surface area contributed by atoms with Gasteiger partial charge in [0.15, 0.2) is 0 Å². The lowest BCUT2D eigenvalue weighted by molar-refractivity contribution is 0.730. The number of hydrogen-bond donors (Lipinski definition) is 2. The summed E-state index contributed by atoms with van der Waals surface area (Å²) in [6.07, 6.45) is 0. The molecule has 0 amide bonds. The second-order valence-corrected chi connectivity index (χ2v) is 3.13. The van der Waals surface area contributed by atoms with Gasteiger partial charge >= 0.3 is 0 Å². The van der Waals surface area contributed by atoms with Crippen LogP contribution < -0.4 is 11.5 Å². The second-order valence-electron chi connectivity index (χ2n) is 3.13. The Morgan fingerprint density at radius 3 is 2.58 bits per heavy atom. The average molecular weight is 164 g/mol. The summed E-state index contributed by atoms with van der Waals surface area (Å²) in [5.74, 6) is 0. The van der Waals surface area contributed by atoms with Gasteiger partial charge in [0.05, 0.1) is 0 Å². The van der Waals surface area contributed by atoms with E-state index in [4.69, 9.17) is 11.5 Å². The molecule has 0 fully saturated rings. The van der Waals surface area contributed by atoms with Crippen molar-refractivity contribution in [2.75, 3.05) is 6.54 Å². The summed E-state index contributed by atoms with van der Waals surface area (Å²) >= 11 is 0. The summed E-state index contributed by atoms with van der Waals surface area (Å²) in [5, 5.41) is 0. The first-order chi connectivity index (χ1) is 5.66. The monoisotopic (exact) mass is 164 g/mol. The zero-order chi connectivity index (χ0) is 9.14. The Kier molecular flexibility index (Phi) is 2.84. The van der Waals surface area contributed by atoms with E-state index in [9.17, 15) is 0 Å². The van der Waals surface area contributed by atoms with E-state index < -0.39 is 0 Å². The van der Waals surface area contributed by atoms with E-state index in [0.29, 0.717) is 6.54 Å². The van der Waals surface area contributed by atoms with E-state index in [2.05, 4.69) is 19.9 Å². The fraction of sp³-hybridized carbons (Fsp3) is 0.400. The van der Waals surface area contributed by atoms with Gasteiger partial charge < -0.3 is 11.5 Å². The van der Waals surface area contributed by atoms with Crippen molar-refractivity contribution >= 4 is 0 Å². The number of hydrogen-bond acceptors (Lipinski definition) is 2. The Morgan fingerprint density at radius 2 is 2.00 bits per heavy atom. The molecule has 1 atom stereocenters. The van der Waals surface area contributed by atoms with Crippen LogP contribution in [0.15, 0.2) is 18.2 Å². The van der Waals surface area contributed by atoms with Gasteiger partial charge in [0.2, 0.25) is 0 Å². The van der Waals surface area contributed by atoms with Crippen molar-refractivity contribution in [2.45, 2.75) is 19.9 Å². The normalized spacial score (nSPS) is 13.0. The Labute approximate surface area is 73.6 Å². The molecule has 2 heteroatoms. The molecule has 0 saturated carbocycles. The highest BCUT2D eigenvalue weighted by Crippen LogP contribution is 2.17. The van der Waals surface area contributed by atoms with E-state index >= 15 is 0 Å². The van der Waals surface area contributed by atoms with Crippen LogP contribution in [0.5, 0.6) is 0 Å². The molecule has 12 heavy (non-hydrogen) atoms. The highest BCUT2D eigenvalue weighted by atomic mass is 14.7. The predicted octanol–water partition coefficient (Wildman–Crippen LogP) is 1.26. The zero-order valence-electron chi connectivity index (χ0n) is 7.67. The van der Waals surface area contributed by atoms with Gasteiger partial charge in [-0.15, -0.1) is 0 Å². The Hall–Kier alpha value is -0.860. The molecule has 0 heterocycles. The second kappa shape index (κ2) is 3.70. The summed E-state index contributed by atoms with van der Waals surface area (Å²) in [6, 6.07) is 6.12. The predicted molar refractivity (Wildman–Crippen MR) is 51.9 cm³/mol. The average Bonchev–Trinajstić information content (AvgIpc) is 2.08. The number of benzene rings is 1. The molecule has 1 aromatic rings. The summed E-state index contributed by atoms with van der Waals surface area (Å²) < 4.78 is 0. The first-order valence-corrected chi connectivity index (χ1v) is 4.18. The summed E-state index contributed by atoms with van der Waals surface area (Å²) in [4.78, 5) is 0. The van der Waals surface area contributed by atoms with Gasteiger partial charge in [-0.05, 0) is 30.5 Å². The molecule has 0 radical (unpaired) electrons. The van der Waals surface area contributed by atoms with Crippen molar-refractivity contribution in [3.05, 3.63) is 34.9 Å². The SMILES string of the molecule is Cc1cccc([C@H](N)CN)c1C. The smallest absolute Gasteiger partial charge is 0.0422 e. The van der Waals surface area contributed by atoms with Crippen molar-refractivity contribution in [3.63, 3.8) is 0 Å². The lowest BCUT2D eigenvalue weighted by Gasteiger charge is -2.13. The fourth-order valence-electron chi connectivity index (χ4n) is 1.30. The molecule has 4 N–H and O–H groups in total. The maximum Gasteiger partial charge on any atom is 0.0422 e. The molecule has 0 saturated heterocycles. The molecular weight excluding hydrogens is 148 g/mol. The van der Waals surface area contributed by atoms with Gasteiger partial charge in [0, 0.05) is 12.6 Å². The van der Waals surface area contributed by atoms with Crippen LogP contribution in [0.4, 0.5) is 0 Å². The number of rotatable bonds is 2. The van der Waals surface area contributed by atoms with Crippen LogP contribution in [0.3, 0.4) is 0 Å². The Bertz CT molecular complexity index is 269. The van der Waals surface area contributed by atoms with Crippen molar-refractivity contribution < 1.29 is 0 Å². The van der Waals surface area contributed by atoms with Crippen LogP contribution in [-0.2, 0) is 0 Å². The van der Waals surface area contributed by atoms with Gasteiger partial charge in [0.1, 0.15) is 0 Å². The van der Waals surface area contributed by atoms with Crippen molar-refractivity contribution in [1.29, 1.82) is 0 Å². The standard InChI is InChI=1S/C10H16N2/c1-7-4-3-5-9(8(7)2)10(12)6-11/h3-5,10H,6,11-12H2,1-2H3/t10-/m1/s1. The Morgan fingerprint density at radius 1 is 1.33 bits per heavy atom. The van der Waals surface area contributed by atoms with Gasteiger partial charge in [-0.2, -0.15) is 0 Å². The van der Waals surface area contributed by atoms with Crippen LogP contribution in [0.25, 0.3) is 0 Å². The van der Waals surface area contributed by atoms with Crippen LogP contribution in [0.2, 0.25) is 0 Å². The molecule has 0 aliphatic rings. The quantitative estimate of drug-likeness (QED) is 0.691. The molecule has 0 aliphatic carbocycles. The van der Waals surface area contributed by atoms with Gasteiger partial charge in [-0.3, -0.25) is 0 Å². The van der Waals surface area contributed by atoms with Crippen molar-refractivity contribution in [2.24, 2.45) is 11.5 Å². The molecule has 66 valence electrons. The first-order valence-electron chi connectivity index (χ1n) is 4.18. The minimum Gasteiger partial charge on any atom is -0.329 e. The Balaban J connectivity index is 3.07. The molecular formula is C10H16N2. The molecule has 1 rings (SSSR count). The third-order valence-corrected chi connectivity index (χ3v) is 2.30. The molecule has 0 bridgehead atoms. The molecule has 0 aliphatic heterocycles. The maximum absolute atomic E-state index is 5.84. The summed E-state index contributed by atoms with van der Waals surface area (Å²) in [5.41, 5.74) is 15.0. The highest BCUT2D eigenvalue weighted by Gasteiger charge is 2.06. The van der Waals surface area contributed by atoms with Gasteiger partial charge in [0.25, 0.3) is 0 Å². The van der Waals surface area contributed by atoms with Crippen LogP contribution >= 0.6 is 0 Å². The van der Waals surface area contributed by atoms with E-state index in [0.717, 1.165) is 5.56 Å². The lowest BCUT2D eigenvalue weighted by atomic mass is 9.98. The van der Waals surface area contributed by atoms with Gasteiger partial charge in [-0.1, -0.05) is 18.2 Å². The van der Waals surface area contributed by atoms with E-state index in [1.807, 2.05) is 12.1 Å². The fourth-order valence-corrected chi connectivity index (χ4v) is 1.30. The zero-order valence-corrected chi connectivity index (χ0v) is 7.67. The topological polar surface area (TPSA) is 52.0 Å².